The predicted molar refractivity (Wildman–Crippen MR) is 81.5 cm³/mol. The highest BCUT2D eigenvalue weighted by molar-refractivity contribution is 5.88. The minimum atomic E-state index is -4.80. The molecule has 1 N–H and O–H groups in total. The lowest BCUT2D eigenvalue weighted by atomic mass is 9.88. The molecule has 1 saturated carbocycles. The molecule has 138 valence electrons. The van der Waals surface area contributed by atoms with Crippen molar-refractivity contribution in [3.05, 3.63) is 29.3 Å². The Hall–Kier alpha value is -2.25. The quantitative estimate of drug-likeness (QED) is 0.611. The molecule has 25 heavy (non-hydrogen) atoms. The summed E-state index contributed by atoms with van der Waals surface area (Å²) in [6.45, 7) is 3.73. The molecule has 0 aromatic heterocycles. The van der Waals surface area contributed by atoms with E-state index in [1.165, 1.54) is 0 Å². The van der Waals surface area contributed by atoms with Crippen LogP contribution in [0.2, 0.25) is 0 Å². The van der Waals surface area contributed by atoms with Crippen LogP contribution in [0.1, 0.15) is 55.5 Å². The molecule has 1 aliphatic carbocycles. The van der Waals surface area contributed by atoms with Gasteiger partial charge in [0.15, 0.2) is 0 Å². The third-order valence-corrected chi connectivity index (χ3v) is 4.52. The molecule has 0 spiro atoms. The van der Waals surface area contributed by atoms with Gasteiger partial charge in [0.2, 0.25) is 0 Å². The Morgan fingerprint density at radius 1 is 1.20 bits per heavy atom. The molecular formula is C17H19F3O5. The van der Waals surface area contributed by atoms with Gasteiger partial charge >= 0.3 is 18.3 Å². The topological polar surface area (TPSA) is 72.8 Å². The van der Waals surface area contributed by atoms with Gasteiger partial charge in [-0.3, -0.25) is 0 Å². The van der Waals surface area contributed by atoms with Crippen molar-refractivity contribution in [1.82, 2.24) is 0 Å². The number of aromatic carboxylic acids is 1. The number of hydrogen-bond acceptors (Lipinski definition) is 4. The van der Waals surface area contributed by atoms with Gasteiger partial charge < -0.3 is 14.6 Å². The van der Waals surface area contributed by atoms with E-state index in [1.54, 1.807) is 0 Å². The third-order valence-electron chi connectivity index (χ3n) is 4.52. The first-order valence-electron chi connectivity index (χ1n) is 7.90. The molecule has 0 saturated heterocycles. The summed E-state index contributed by atoms with van der Waals surface area (Å²) >= 11 is 0. The third kappa shape index (κ3) is 4.24. The van der Waals surface area contributed by atoms with E-state index in [1.807, 2.05) is 13.8 Å². The number of rotatable bonds is 4. The molecule has 1 aromatic rings. The molecule has 0 atom stereocenters. The van der Waals surface area contributed by atoms with Crippen molar-refractivity contribution < 1.29 is 37.3 Å². The van der Waals surface area contributed by atoms with Crippen LogP contribution in [0.4, 0.5) is 18.0 Å². The fourth-order valence-electron chi connectivity index (χ4n) is 3.02. The molecule has 0 bridgehead atoms. The fourth-order valence-corrected chi connectivity index (χ4v) is 3.02. The number of carbonyl (C=O) groups excluding carboxylic acids is 1. The molecule has 1 aliphatic rings. The zero-order valence-corrected chi connectivity index (χ0v) is 13.9. The first-order valence-corrected chi connectivity index (χ1v) is 7.90. The van der Waals surface area contributed by atoms with Crippen LogP contribution >= 0.6 is 0 Å². The Labute approximate surface area is 142 Å². The van der Waals surface area contributed by atoms with Gasteiger partial charge in [-0.05, 0) is 49.8 Å². The summed E-state index contributed by atoms with van der Waals surface area (Å²) in [4.78, 5) is 23.0. The Balaban J connectivity index is 2.27. The number of carboxylic acid groups (broad SMARTS) is 1. The van der Waals surface area contributed by atoms with Gasteiger partial charge in [0.25, 0.3) is 0 Å². The summed E-state index contributed by atoms with van der Waals surface area (Å²) in [6.07, 6.45) is -3.12. The van der Waals surface area contributed by atoms with Crippen molar-refractivity contribution in [3.63, 3.8) is 0 Å². The molecule has 5 nitrogen and oxygen atoms in total. The molecule has 0 aliphatic heterocycles. The van der Waals surface area contributed by atoms with Crippen molar-refractivity contribution in [1.29, 1.82) is 0 Å². The number of hydrogen-bond donors (Lipinski definition) is 1. The van der Waals surface area contributed by atoms with Gasteiger partial charge in [0, 0.05) is 0 Å². The van der Waals surface area contributed by atoms with Crippen LogP contribution in [0.5, 0.6) is 5.75 Å². The number of ether oxygens (including phenoxy) is 2. The highest BCUT2D eigenvalue weighted by Gasteiger charge is 2.42. The van der Waals surface area contributed by atoms with E-state index in [0.717, 1.165) is 18.9 Å². The molecule has 1 aromatic carbocycles. The van der Waals surface area contributed by atoms with E-state index in [2.05, 4.69) is 0 Å². The van der Waals surface area contributed by atoms with E-state index >= 15 is 0 Å². The summed E-state index contributed by atoms with van der Waals surface area (Å²) in [5.41, 5.74) is -2.42. The molecule has 2 rings (SSSR count). The van der Waals surface area contributed by atoms with Crippen LogP contribution in [-0.2, 0) is 10.9 Å². The predicted octanol–water partition coefficient (Wildman–Crippen LogP) is 4.89. The van der Waals surface area contributed by atoms with E-state index in [0.29, 0.717) is 25.0 Å². The van der Waals surface area contributed by atoms with Gasteiger partial charge in [0.05, 0.1) is 11.1 Å². The Morgan fingerprint density at radius 2 is 1.80 bits per heavy atom. The summed E-state index contributed by atoms with van der Waals surface area (Å²) in [7, 11) is 0. The lowest BCUT2D eigenvalue weighted by Crippen LogP contribution is -2.38. The smallest absolute Gasteiger partial charge is 0.478 e. The number of carboxylic acids is 1. The molecule has 0 radical (unpaired) electrons. The van der Waals surface area contributed by atoms with Gasteiger partial charge in [0.1, 0.15) is 11.4 Å². The Morgan fingerprint density at radius 3 is 2.28 bits per heavy atom. The van der Waals surface area contributed by atoms with Crippen molar-refractivity contribution in [2.24, 2.45) is 5.92 Å². The molecular weight excluding hydrogens is 341 g/mol. The Bertz CT molecular complexity index is 661. The van der Waals surface area contributed by atoms with Crippen molar-refractivity contribution in [2.75, 3.05) is 0 Å². The van der Waals surface area contributed by atoms with Crippen LogP contribution in [0.15, 0.2) is 18.2 Å². The van der Waals surface area contributed by atoms with Crippen LogP contribution in [0.25, 0.3) is 0 Å². The second-order valence-corrected chi connectivity index (χ2v) is 6.39. The maximum absolute atomic E-state index is 13.1. The summed E-state index contributed by atoms with van der Waals surface area (Å²) in [5, 5.41) is 8.93. The second-order valence-electron chi connectivity index (χ2n) is 6.39. The average molecular weight is 360 g/mol. The largest absolute Gasteiger partial charge is 0.514 e. The zero-order valence-electron chi connectivity index (χ0n) is 13.9. The number of benzene rings is 1. The first-order chi connectivity index (χ1) is 11.5. The molecule has 0 unspecified atom stereocenters. The molecule has 1 fully saturated rings. The van der Waals surface area contributed by atoms with Gasteiger partial charge in [-0.15, -0.1) is 0 Å². The second kappa shape index (κ2) is 6.93. The van der Waals surface area contributed by atoms with Crippen molar-refractivity contribution in [3.8, 4) is 5.75 Å². The fraction of sp³-hybridized carbons (Fsp3) is 0.529. The van der Waals surface area contributed by atoms with E-state index < -0.39 is 40.8 Å². The summed E-state index contributed by atoms with van der Waals surface area (Å²) in [5.74, 6) is -2.33. The van der Waals surface area contributed by atoms with Crippen molar-refractivity contribution >= 4 is 12.1 Å². The average Bonchev–Trinajstić information content (AvgIpc) is 2.95. The Kier molecular flexibility index (Phi) is 5.29. The van der Waals surface area contributed by atoms with Crippen LogP contribution in [0, 0.1) is 5.92 Å². The lowest BCUT2D eigenvalue weighted by Gasteiger charge is -2.32. The summed E-state index contributed by atoms with van der Waals surface area (Å²) in [6, 6.07) is 2.04. The lowest BCUT2D eigenvalue weighted by molar-refractivity contribution is -0.138. The minimum absolute atomic E-state index is 0.0185. The van der Waals surface area contributed by atoms with Gasteiger partial charge in [-0.2, -0.15) is 13.2 Å². The van der Waals surface area contributed by atoms with E-state index in [9.17, 15) is 22.8 Å². The summed E-state index contributed by atoms with van der Waals surface area (Å²) < 4.78 is 49.3. The molecule has 8 heteroatoms. The van der Waals surface area contributed by atoms with Crippen LogP contribution in [0.3, 0.4) is 0 Å². The normalized spacial score (nSPS) is 16.7. The first kappa shape index (κ1) is 19.1. The maximum Gasteiger partial charge on any atom is 0.514 e. The zero-order chi connectivity index (χ0) is 18.8. The number of alkyl halides is 3. The van der Waals surface area contributed by atoms with Crippen LogP contribution in [-0.4, -0.2) is 22.8 Å². The molecule has 0 heterocycles. The van der Waals surface area contributed by atoms with Crippen LogP contribution < -0.4 is 4.74 Å². The molecule has 0 amide bonds. The maximum atomic E-state index is 13.1. The highest BCUT2D eigenvalue weighted by atomic mass is 19.4. The van der Waals surface area contributed by atoms with Crippen molar-refractivity contribution in [2.45, 2.75) is 51.3 Å². The number of carbonyl (C=O) groups is 2. The standard InChI is InChI=1S/C17H19F3O5/c1-10(2)16(7-3-4-8-16)25-15(23)24-13-9-11(14(21)22)5-6-12(13)17(18,19)20/h5-6,9-10H,3-4,7-8H2,1-2H3,(H,21,22). The van der Waals surface area contributed by atoms with E-state index in [4.69, 9.17) is 14.6 Å². The van der Waals surface area contributed by atoms with Gasteiger partial charge in [-0.1, -0.05) is 13.8 Å². The number of halogens is 3. The van der Waals surface area contributed by atoms with Gasteiger partial charge in [-0.25, -0.2) is 9.59 Å². The highest BCUT2D eigenvalue weighted by Crippen LogP contribution is 2.41. The monoisotopic (exact) mass is 360 g/mol. The van der Waals surface area contributed by atoms with E-state index in [-0.39, 0.29) is 5.92 Å². The minimum Gasteiger partial charge on any atom is -0.478 e. The SMILES string of the molecule is CC(C)C1(OC(=O)Oc2cc(C(=O)O)ccc2C(F)(F)F)CCCC1.